The number of aromatic nitrogens is 2. The summed E-state index contributed by atoms with van der Waals surface area (Å²) in [6, 6.07) is 0. The van der Waals surface area contributed by atoms with E-state index in [0.29, 0.717) is 6.54 Å². The van der Waals surface area contributed by atoms with E-state index in [-0.39, 0.29) is 17.4 Å². The van der Waals surface area contributed by atoms with Gasteiger partial charge in [-0.3, -0.25) is 4.79 Å². The number of carbonyl (C=O) groups is 1. The zero-order chi connectivity index (χ0) is 9.68. The average Bonchev–Trinajstić information content (AvgIpc) is 2.52. The van der Waals surface area contributed by atoms with Gasteiger partial charge in [0.1, 0.15) is 0 Å². The molecule has 1 heterocycles. The molecule has 6 N–H and O–H groups in total. The molecule has 7 heteroatoms. The van der Waals surface area contributed by atoms with Gasteiger partial charge in [-0.05, 0) is 10.3 Å². The molecule has 72 valence electrons. The monoisotopic (exact) mass is 186 g/mol. The predicted octanol–water partition coefficient (Wildman–Crippen LogP) is -1.99. The van der Waals surface area contributed by atoms with Gasteiger partial charge in [0.15, 0.2) is 0 Å². The van der Waals surface area contributed by atoms with Gasteiger partial charge in [-0.25, -0.2) is 4.63 Å². The molecule has 0 bridgehead atoms. The van der Waals surface area contributed by atoms with Crippen molar-refractivity contribution in [3.63, 3.8) is 0 Å². The molecular weight excluding hydrogens is 174 g/mol. The summed E-state index contributed by atoms with van der Waals surface area (Å²) in [7, 11) is 0. The van der Waals surface area contributed by atoms with Crippen molar-refractivity contribution in [1.29, 1.82) is 0 Å². The van der Waals surface area contributed by atoms with Gasteiger partial charge in [-0.1, -0.05) is 0 Å². The van der Waals surface area contributed by atoms with Crippen LogP contribution in [-0.4, -0.2) is 29.3 Å². The Morgan fingerprint density at radius 1 is 1.62 bits per heavy atom. The van der Waals surface area contributed by atoms with E-state index in [0.717, 1.165) is 13.0 Å². The van der Waals surface area contributed by atoms with Crippen molar-refractivity contribution in [3.8, 4) is 0 Å². The Morgan fingerprint density at radius 2 is 2.38 bits per heavy atom. The van der Waals surface area contributed by atoms with E-state index in [9.17, 15) is 4.79 Å². The molecule has 0 saturated heterocycles. The summed E-state index contributed by atoms with van der Waals surface area (Å²) in [6.07, 6.45) is 0.816. The van der Waals surface area contributed by atoms with Crippen LogP contribution in [0.4, 0.5) is 5.82 Å². The van der Waals surface area contributed by atoms with Gasteiger partial charge >= 0.3 is 0 Å². The van der Waals surface area contributed by atoms with Crippen molar-refractivity contribution < 1.29 is 15.2 Å². The number of quaternary nitrogens is 1. The lowest BCUT2D eigenvalue weighted by Crippen LogP contribution is -2.51. The molecule has 1 rings (SSSR count). The molecule has 0 aliphatic carbocycles. The fourth-order valence-electron chi connectivity index (χ4n) is 0.764. The third-order valence-electron chi connectivity index (χ3n) is 1.44. The first-order valence-corrected chi connectivity index (χ1v) is 3.91. The molecule has 0 fully saturated rings. The van der Waals surface area contributed by atoms with E-state index in [2.05, 4.69) is 26.0 Å². The molecule has 0 aliphatic rings. The smallest absolute Gasteiger partial charge is 0.277 e. The molecular formula is C6H12N5O2+. The predicted molar refractivity (Wildman–Crippen MR) is 43.4 cm³/mol. The Morgan fingerprint density at radius 3 is 2.92 bits per heavy atom. The van der Waals surface area contributed by atoms with Crippen molar-refractivity contribution in [2.75, 3.05) is 18.8 Å². The lowest BCUT2D eigenvalue weighted by Gasteiger charge is -1.98. The standard InChI is InChI=1S/C6H11N5O2/c7-2-1-3-9-6(12)4-5(8)11-13-10-4/h1-3,7H2,(H2,8,11)(H,9,12)/p+1. The van der Waals surface area contributed by atoms with E-state index >= 15 is 0 Å². The highest BCUT2D eigenvalue weighted by Crippen LogP contribution is 2.02. The minimum atomic E-state index is -0.368. The number of hydrogen-bond acceptors (Lipinski definition) is 5. The lowest BCUT2D eigenvalue weighted by atomic mass is 10.3. The summed E-state index contributed by atoms with van der Waals surface area (Å²) < 4.78 is 4.27. The van der Waals surface area contributed by atoms with Crippen molar-refractivity contribution in [1.82, 2.24) is 15.6 Å². The van der Waals surface area contributed by atoms with E-state index in [1.165, 1.54) is 0 Å². The van der Waals surface area contributed by atoms with Gasteiger partial charge in [0, 0.05) is 13.0 Å². The third-order valence-corrected chi connectivity index (χ3v) is 1.44. The fraction of sp³-hybridized carbons (Fsp3) is 0.500. The summed E-state index contributed by atoms with van der Waals surface area (Å²) in [5.41, 5.74) is 8.98. The van der Waals surface area contributed by atoms with E-state index < -0.39 is 0 Å². The molecule has 0 spiro atoms. The maximum atomic E-state index is 11.2. The summed E-state index contributed by atoms with van der Waals surface area (Å²) in [5.74, 6) is -0.362. The SMILES string of the molecule is Nc1nonc1C(=O)NCCC[NH3+]. The molecule has 0 saturated carbocycles. The van der Waals surface area contributed by atoms with Crippen LogP contribution in [0.2, 0.25) is 0 Å². The van der Waals surface area contributed by atoms with Crippen LogP contribution >= 0.6 is 0 Å². The van der Waals surface area contributed by atoms with E-state index in [1.807, 2.05) is 0 Å². The molecule has 0 unspecified atom stereocenters. The number of rotatable bonds is 4. The third kappa shape index (κ3) is 2.41. The van der Waals surface area contributed by atoms with Crippen molar-refractivity contribution in [2.45, 2.75) is 6.42 Å². The highest BCUT2D eigenvalue weighted by molar-refractivity contribution is 5.95. The lowest BCUT2D eigenvalue weighted by molar-refractivity contribution is -0.367. The molecule has 1 amide bonds. The van der Waals surface area contributed by atoms with E-state index in [1.54, 1.807) is 0 Å². The van der Waals surface area contributed by atoms with Gasteiger partial charge in [0.05, 0.1) is 6.54 Å². The highest BCUT2D eigenvalue weighted by atomic mass is 16.6. The molecule has 0 aromatic carbocycles. The minimum Gasteiger partial charge on any atom is -0.379 e. The molecule has 1 aromatic rings. The van der Waals surface area contributed by atoms with E-state index in [4.69, 9.17) is 5.73 Å². The van der Waals surface area contributed by atoms with Gasteiger partial charge in [-0.2, -0.15) is 0 Å². The number of anilines is 1. The number of hydrogen-bond donors (Lipinski definition) is 3. The second-order valence-electron chi connectivity index (χ2n) is 2.46. The zero-order valence-corrected chi connectivity index (χ0v) is 7.12. The first-order chi connectivity index (χ1) is 6.25. The first kappa shape index (κ1) is 9.46. The van der Waals surface area contributed by atoms with Crippen molar-refractivity contribution >= 4 is 11.7 Å². The van der Waals surface area contributed by atoms with Gasteiger partial charge < -0.3 is 16.8 Å². The number of carbonyl (C=O) groups excluding carboxylic acids is 1. The van der Waals surface area contributed by atoms with Crippen molar-refractivity contribution in [3.05, 3.63) is 5.69 Å². The summed E-state index contributed by atoms with van der Waals surface area (Å²) in [6.45, 7) is 1.32. The minimum absolute atomic E-state index is 0.00660. The fourth-order valence-corrected chi connectivity index (χ4v) is 0.764. The molecule has 0 atom stereocenters. The second kappa shape index (κ2) is 4.41. The molecule has 1 aromatic heterocycles. The maximum Gasteiger partial charge on any atom is 0.277 e. The second-order valence-corrected chi connectivity index (χ2v) is 2.46. The number of nitrogens with two attached hydrogens (primary N) is 1. The Labute approximate surface area is 74.4 Å². The summed E-state index contributed by atoms with van der Waals surface area (Å²) >= 11 is 0. The van der Waals surface area contributed by atoms with Crippen LogP contribution in [0.3, 0.4) is 0 Å². The van der Waals surface area contributed by atoms with Crippen LogP contribution in [0.1, 0.15) is 16.9 Å². The Balaban J connectivity index is 2.45. The Hall–Kier alpha value is -1.63. The molecule has 0 aliphatic heterocycles. The topological polar surface area (TPSA) is 122 Å². The molecule has 13 heavy (non-hydrogen) atoms. The largest absolute Gasteiger partial charge is 0.379 e. The van der Waals surface area contributed by atoms with Gasteiger partial charge in [-0.15, -0.1) is 0 Å². The molecule has 7 nitrogen and oxygen atoms in total. The average molecular weight is 186 g/mol. The number of nitrogen functional groups attached to an aromatic ring is 1. The highest BCUT2D eigenvalue weighted by Gasteiger charge is 2.14. The number of amides is 1. The van der Waals surface area contributed by atoms with Crippen LogP contribution in [0.15, 0.2) is 4.63 Å². The molecule has 0 radical (unpaired) electrons. The maximum absolute atomic E-state index is 11.2. The number of nitrogens with zero attached hydrogens (tertiary/aromatic N) is 2. The van der Waals surface area contributed by atoms with Crippen molar-refractivity contribution in [2.24, 2.45) is 0 Å². The Bertz CT molecular complexity index is 284. The normalized spacial score (nSPS) is 9.92. The zero-order valence-electron chi connectivity index (χ0n) is 7.12. The summed E-state index contributed by atoms with van der Waals surface area (Å²) in [4.78, 5) is 11.2. The summed E-state index contributed by atoms with van der Waals surface area (Å²) in [5, 5.41) is 9.25. The van der Waals surface area contributed by atoms with Crippen LogP contribution in [0, 0.1) is 0 Å². The van der Waals surface area contributed by atoms with Crippen LogP contribution in [-0.2, 0) is 0 Å². The van der Waals surface area contributed by atoms with Crippen LogP contribution in [0.25, 0.3) is 0 Å². The van der Waals surface area contributed by atoms with Gasteiger partial charge in [0.2, 0.25) is 11.5 Å². The quantitative estimate of drug-likeness (QED) is 0.470. The van der Waals surface area contributed by atoms with Gasteiger partial charge in [0.25, 0.3) is 5.91 Å². The Kier molecular flexibility index (Phi) is 3.21. The van der Waals surface area contributed by atoms with Crippen LogP contribution in [0.5, 0.6) is 0 Å². The number of nitrogens with one attached hydrogen (secondary N) is 1. The first-order valence-electron chi connectivity index (χ1n) is 3.91. The van der Waals surface area contributed by atoms with Crippen LogP contribution < -0.4 is 16.8 Å².